The molecule has 0 fully saturated rings. The number of halogens is 3. The normalized spacial score (nSPS) is 11.2. The van der Waals surface area contributed by atoms with Gasteiger partial charge in [-0.15, -0.1) is 0 Å². The first-order valence-corrected chi connectivity index (χ1v) is 6.09. The summed E-state index contributed by atoms with van der Waals surface area (Å²) in [6.45, 7) is 0. The van der Waals surface area contributed by atoms with E-state index in [0.29, 0.717) is 15.1 Å². The predicted molar refractivity (Wildman–Crippen MR) is 74.2 cm³/mol. The van der Waals surface area contributed by atoms with Gasteiger partial charge in [-0.05, 0) is 35.0 Å². The molecule has 3 aromatic rings. The van der Waals surface area contributed by atoms with Crippen molar-refractivity contribution < 1.29 is 0 Å². The van der Waals surface area contributed by atoms with Crippen LogP contribution in [0.1, 0.15) is 0 Å². The third-order valence-electron chi connectivity index (χ3n) is 2.70. The summed E-state index contributed by atoms with van der Waals surface area (Å²) >= 11 is 18.3. The van der Waals surface area contributed by atoms with Gasteiger partial charge in [-0.25, -0.2) is 0 Å². The van der Waals surface area contributed by atoms with Crippen molar-refractivity contribution in [1.82, 2.24) is 0 Å². The van der Waals surface area contributed by atoms with Crippen LogP contribution in [-0.2, 0) is 0 Å². The van der Waals surface area contributed by atoms with E-state index in [4.69, 9.17) is 34.8 Å². The van der Waals surface area contributed by atoms with E-state index in [2.05, 4.69) is 12.1 Å². The van der Waals surface area contributed by atoms with Crippen LogP contribution in [-0.4, -0.2) is 0 Å². The third kappa shape index (κ3) is 1.77. The third-order valence-corrected chi connectivity index (χ3v) is 3.50. The van der Waals surface area contributed by atoms with Crippen molar-refractivity contribution in [3.63, 3.8) is 0 Å². The van der Waals surface area contributed by atoms with Gasteiger partial charge in [-0.2, -0.15) is 0 Å². The van der Waals surface area contributed by atoms with Crippen LogP contribution in [0, 0.1) is 12.1 Å². The minimum absolute atomic E-state index is 0.485. The molecule has 82 valence electrons. The van der Waals surface area contributed by atoms with Gasteiger partial charge in [0, 0.05) is 21.9 Å². The maximum Gasteiger partial charge on any atom is 0.0579 e. The molecule has 0 saturated heterocycles. The molecule has 0 saturated carbocycles. The molecule has 0 aliphatic heterocycles. The molecule has 0 aliphatic carbocycles. The van der Waals surface area contributed by atoms with Crippen LogP contribution in [0.25, 0.3) is 21.5 Å². The van der Waals surface area contributed by atoms with E-state index in [1.807, 2.05) is 24.3 Å². The molecule has 0 bridgehead atoms. The second-order valence-corrected chi connectivity index (χ2v) is 4.92. The van der Waals surface area contributed by atoms with Crippen molar-refractivity contribution in [2.24, 2.45) is 0 Å². The van der Waals surface area contributed by atoms with Gasteiger partial charge >= 0.3 is 0 Å². The van der Waals surface area contributed by atoms with Gasteiger partial charge in [0.25, 0.3) is 0 Å². The van der Waals surface area contributed by atoms with Crippen LogP contribution in [0.15, 0.2) is 30.3 Å². The Balaban J connectivity index is 2.63. The SMILES string of the molecule is Clc1[c]c(Cl)c2ccc3c[c]cc(Cl)c3c2c1. The smallest absolute Gasteiger partial charge is 0.0579 e. The van der Waals surface area contributed by atoms with Gasteiger partial charge in [-0.1, -0.05) is 46.9 Å². The largest absolute Gasteiger partial charge is 0.0836 e. The Morgan fingerprint density at radius 1 is 0.941 bits per heavy atom. The van der Waals surface area contributed by atoms with Gasteiger partial charge in [0.05, 0.1) is 10.0 Å². The molecule has 0 nitrogen and oxygen atoms in total. The standard InChI is InChI=1S/C14H5Cl3/c15-9-6-11-10(13(17)7-9)5-4-8-2-1-3-12(16)14(8)11/h2-6H. The second-order valence-electron chi connectivity index (χ2n) is 3.73. The first-order chi connectivity index (χ1) is 8.16. The van der Waals surface area contributed by atoms with Crippen molar-refractivity contribution in [1.29, 1.82) is 0 Å². The molecular weight excluding hydrogens is 275 g/mol. The van der Waals surface area contributed by atoms with Crippen molar-refractivity contribution in [3.05, 3.63) is 57.5 Å². The quantitative estimate of drug-likeness (QED) is 0.473. The topological polar surface area (TPSA) is 0 Å². The van der Waals surface area contributed by atoms with E-state index >= 15 is 0 Å². The lowest BCUT2D eigenvalue weighted by Gasteiger charge is -2.07. The molecule has 2 radical (unpaired) electrons. The summed E-state index contributed by atoms with van der Waals surface area (Å²) in [4.78, 5) is 0. The lowest BCUT2D eigenvalue weighted by molar-refractivity contribution is 1.74. The van der Waals surface area contributed by atoms with E-state index < -0.39 is 0 Å². The Morgan fingerprint density at radius 2 is 1.76 bits per heavy atom. The van der Waals surface area contributed by atoms with Crippen LogP contribution in [0.3, 0.4) is 0 Å². The highest BCUT2D eigenvalue weighted by Crippen LogP contribution is 2.35. The highest BCUT2D eigenvalue weighted by Gasteiger charge is 2.08. The summed E-state index contributed by atoms with van der Waals surface area (Å²) in [6.07, 6.45) is 0. The van der Waals surface area contributed by atoms with Crippen LogP contribution >= 0.6 is 34.8 Å². The lowest BCUT2D eigenvalue weighted by atomic mass is 10.0. The zero-order chi connectivity index (χ0) is 12.0. The molecule has 0 amide bonds. The second kappa shape index (κ2) is 4.06. The Hall–Kier alpha value is -0.950. The molecule has 3 aromatic carbocycles. The summed E-state index contributed by atoms with van der Waals surface area (Å²) in [5.74, 6) is 0. The van der Waals surface area contributed by atoms with Crippen LogP contribution in [0.2, 0.25) is 15.1 Å². The van der Waals surface area contributed by atoms with Gasteiger partial charge in [0.1, 0.15) is 0 Å². The number of fused-ring (bicyclic) bond motifs is 3. The molecule has 0 N–H and O–H groups in total. The van der Waals surface area contributed by atoms with E-state index in [1.165, 1.54) is 0 Å². The number of hydrogen-bond acceptors (Lipinski definition) is 0. The van der Waals surface area contributed by atoms with Gasteiger partial charge in [0.15, 0.2) is 0 Å². The molecule has 3 rings (SSSR count). The van der Waals surface area contributed by atoms with Crippen molar-refractivity contribution in [3.8, 4) is 0 Å². The molecule has 3 heteroatoms. The van der Waals surface area contributed by atoms with Crippen LogP contribution in [0.5, 0.6) is 0 Å². The number of benzene rings is 3. The molecule has 0 unspecified atom stereocenters. The van der Waals surface area contributed by atoms with Crippen molar-refractivity contribution in [2.45, 2.75) is 0 Å². The summed E-state index contributed by atoms with van der Waals surface area (Å²) in [5, 5.41) is 5.44. The molecular formula is C14H5Cl3. The van der Waals surface area contributed by atoms with E-state index in [0.717, 1.165) is 21.5 Å². The molecule has 0 aliphatic rings. The summed E-state index contributed by atoms with van der Waals surface area (Å²) < 4.78 is 0. The first-order valence-electron chi connectivity index (χ1n) is 4.96. The number of hydrogen-bond donors (Lipinski definition) is 0. The maximum atomic E-state index is 6.21. The minimum atomic E-state index is 0.485. The van der Waals surface area contributed by atoms with E-state index in [1.54, 1.807) is 6.07 Å². The molecule has 0 atom stereocenters. The van der Waals surface area contributed by atoms with E-state index in [-0.39, 0.29) is 0 Å². The average Bonchev–Trinajstić information content (AvgIpc) is 2.28. The Bertz CT molecular complexity index is 732. The fraction of sp³-hybridized carbons (Fsp3) is 0. The summed E-state index contributed by atoms with van der Waals surface area (Å²) in [7, 11) is 0. The zero-order valence-electron chi connectivity index (χ0n) is 8.52. The molecule has 0 spiro atoms. The predicted octanol–water partition coefficient (Wildman–Crippen LogP) is 5.55. The first kappa shape index (κ1) is 11.2. The highest BCUT2D eigenvalue weighted by atomic mass is 35.5. The number of rotatable bonds is 0. The monoisotopic (exact) mass is 278 g/mol. The highest BCUT2D eigenvalue weighted by molar-refractivity contribution is 6.42. The van der Waals surface area contributed by atoms with Gasteiger partial charge in [-0.3, -0.25) is 0 Å². The Kier molecular flexibility index (Phi) is 2.67. The Labute approximate surface area is 114 Å². The van der Waals surface area contributed by atoms with E-state index in [9.17, 15) is 0 Å². The van der Waals surface area contributed by atoms with Crippen LogP contribution < -0.4 is 0 Å². The average molecular weight is 280 g/mol. The minimum Gasteiger partial charge on any atom is -0.0836 e. The fourth-order valence-corrected chi connectivity index (χ4v) is 2.77. The van der Waals surface area contributed by atoms with Gasteiger partial charge in [0.2, 0.25) is 0 Å². The van der Waals surface area contributed by atoms with Crippen LogP contribution in [0.4, 0.5) is 0 Å². The molecule has 0 aromatic heterocycles. The lowest BCUT2D eigenvalue weighted by Crippen LogP contribution is -1.81. The molecule has 0 heterocycles. The zero-order valence-corrected chi connectivity index (χ0v) is 10.8. The van der Waals surface area contributed by atoms with Crippen molar-refractivity contribution >= 4 is 56.3 Å². The fourth-order valence-electron chi connectivity index (χ4n) is 1.98. The summed E-state index contributed by atoms with van der Waals surface area (Å²) in [5.41, 5.74) is 0. The molecule has 17 heavy (non-hydrogen) atoms. The van der Waals surface area contributed by atoms with Gasteiger partial charge < -0.3 is 0 Å². The summed E-state index contributed by atoms with van der Waals surface area (Å²) in [6, 6.07) is 15.2. The maximum absolute atomic E-state index is 6.21. The Morgan fingerprint density at radius 3 is 2.59 bits per heavy atom. The van der Waals surface area contributed by atoms with Crippen molar-refractivity contribution in [2.75, 3.05) is 0 Å².